The highest BCUT2D eigenvalue weighted by molar-refractivity contribution is 6.31. The smallest absolute Gasteiger partial charge is 0.317 e. The largest absolute Gasteiger partial charge is 0.480 e. The van der Waals surface area contributed by atoms with Gasteiger partial charge in [0.25, 0.3) is 0 Å². The van der Waals surface area contributed by atoms with Crippen LogP contribution in [0.3, 0.4) is 0 Å². The predicted octanol–water partition coefficient (Wildman–Crippen LogP) is 2.63. The fourth-order valence-corrected chi connectivity index (χ4v) is 3.04. The number of likely N-dealkylation sites (tertiary alicyclic amines) is 1. The molecule has 116 valence electrons. The van der Waals surface area contributed by atoms with Gasteiger partial charge in [0, 0.05) is 17.6 Å². The summed E-state index contributed by atoms with van der Waals surface area (Å²) in [5, 5.41) is 9.66. The van der Waals surface area contributed by atoms with E-state index in [1.165, 1.54) is 5.56 Å². The number of piperidine rings is 1. The summed E-state index contributed by atoms with van der Waals surface area (Å²) in [6.45, 7) is 5.11. The van der Waals surface area contributed by atoms with Gasteiger partial charge in [-0.15, -0.1) is 0 Å². The van der Waals surface area contributed by atoms with E-state index in [0.29, 0.717) is 6.04 Å². The molecule has 1 N–H and O–H groups in total. The maximum atomic E-state index is 10.8. The number of likely N-dealkylation sites (N-methyl/N-ethyl adjacent to an activating group) is 1. The monoisotopic (exact) mass is 310 g/mol. The summed E-state index contributed by atoms with van der Waals surface area (Å²) in [6.07, 6.45) is 2.05. The van der Waals surface area contributed by atoms with Crippen molar-refractivity contribution < 1.29 is 9.90 Å². The van der Waals surface area contributed by atoms with Gasteiger partial charge >= 0.3 is 5.97 Å². The quantitative estimate of drug-likeness (QED) is 0.908. The first-order chi connectivity index (χ1) is 9.95. The summed E-state index contributed by atoms with van der Waals surface area (Å²) >= 11 is 6.05. The van der Waals surface area contributed by atoms with Gasteiger partial charge in [-0.25, -0.2) is 0 Å². The highest BCUT2D eigenvalue weighted by Crippen LogP contribution is 2.20. The van der Waals surface area contributed by atoms with E-state index in [9.17, 15) is 4.79 Å². The van der Waals surface area contributed by atoms with E-state index in [-0.39, 0.29) is 6.54 Å². The van der Waals surface area contributed by atoms with Gasteiger partial charge in [-0.2, -0.15) is 0 Å². The first-order valence-electron chi connectivity index (χ1n) is 7.35. The minimum atomic E-state index is -0.753. The van der Waals surface area contributed by atoms with Gasteiger partial charge in [-0.1, -0.05) is 23.7 Å². The van der Waals surface area contributed by atoms with Crippen molar-refractivity contribution in [3.8, 4) is 0 Å². The molecule has 5 heteroatoms. The Morgan fingerprint density at radius 1 is 1.43 bits per heavy atom. The molecule has 0 atom stereocenters. The number of aliphatic carboxylic acids is 1. The van der Waals surface area contributed by atoms with Crippen LogP contribution in [-0.2, 0) is 11.3 Å². The molecule has 1 heterocycles. The summed E-state index contributed by atoms with van der Waals surface area (Å²) in [6, 6.07) is 6.56. The number of benzene rings is 1. The number of nitrogens with zero attached hydrogens (tertiary/aromatic N) is 2. The molecule has 1 aromatic carbocycles. The summed E-state index contributed by atoms with van der Waals surface area (Å²) in [7, 11) is 1.90. The molecule has 0 aliphatic carbocycles. The van der Waals surface area contributed by atoms with E-state index in [1.54, 1.807) is 0 Å². The number of aryl methyl sites for hydroxylation is 1. The topological polar surface area (TPSA) is 43.8 Å². The summed E-state index contributed by atoms with van der Waals surface area (Å²) < 4.78 is 0. The summed E-state index contributed by atoms with van der Waals surface area (Å²) in [5.41, 5.74) is 2.40. The minimum Gasteiger partial charge on any atom is -0.480 e. The molecular weight excluding hydrogens is 288 g/mol. The van der Waals surface area contributed by atoms with Gasteiger partial charge in [0.1, 0.15) is 0 Å². The lowest BCUT2D eigenvalue weighted by Crippen LogP contribution is -2.44. The van der Waals surface area contributed by atoms with Gasteiger partial charge < -0.3 is 5.11 Å². The van der Waals surface area contributed by atoms with Gasteiger partial charge in [0.05, 0.1) is 6.54 Å². The van der Waals surface area contributed by atoms with Crippen molar-refractivity contribution in [2.75, 3.05) is 26.7 Å². The van der Waals surface area contributed by atoms with Crippen LogP contribution in [0.15, 0.2) is 18.2 Å². The fourth-order valence-electron chi connectivity index (χ4n) is 2.92. The van der Waals surface area contributed by atoms with E-state index >= 15 is 0 Å². The van der Waals surface area contributed by atoms with E-state index in [2.05, 4.69) is 17.0 Å². The highest BCUT2D eigenvalue weighted by Gasteiger charge is 2.23. The van der Waals surface area contributed by atoms with Crippen LogP contribution in [0.4, 0.5) is 0 Å². The van der Waals surface area contributed by atoms with E-state index in [4.69, 9.17) is 16.7 Å². The molecule has 0 spiro atoms. The lowest BCUT2D eigenvalue weighted by Gasteiger charge is -2.36. The van der Waals surface area contributed by atoms with Gasteiger partial charge in [-0.05, 0) is 57.1 Å². The lowest BCUT2D eigenvalue weighted by atomic mass is 10.0. The maximum absolute atomic E-state index is 10.8. The Kier molecular flexibility index (Phi) is 5.62. The van der Waals surface area contributed by atoms with Crippen molar-refractivity contribution in [1.82, 2.24) is 9.80 Å². The van der Waals surface area contributed by atoms with E-state index < -0.39 is 5.97 Å². The van der Waals surface area contributed by atoms with Crippen LogP contribution >= 0.6 is 11.6 Å². The highest BCUT2D eigenvalue weighted by atomic mass is 35.5. The van der Waals surface area contributed by atoms with Crippen LogP contribution in [0.2, 0.25) is 5.02 Å². The standard InChI is InChI=1S/C16H23ClN2O2/c1-12-9-13(3-4-15(12)17)10-19-7-5-14(6-8-19)18(2)11-16(20)21/h3-4,9,14H,5-8,10-11H2,1-2H3,(H,20,21). The van der Waals surface area contributed by atoms with E-state index in [0.717, 1.165) is 43.1 Å². The van der Waals surface area contributed by atoms with Crippen LogP contribution in [0.25, 0.3) is 0 Å². The van der Waals surface area contributed by atoms with Crippen LogP contribution < -0.4 is 0 Å². The average molecular weight is 311 g/mol. The molecule has 1 saturated heterocycles. The second kappa shape index (κ2) is 7.25. The van der Waals surface area contributed by atoms with Crippen molar-refractivity contribution >= 4 is 17.6 Å². The van der Waals surface area contributed by atoms with Crippen molar-refractivity contribution in [3.05, 3.63) is 34.3 Å². The average Bonchev–Trinajstić information content (AvgIpc) is 2.43. The van der Waals surface area contributed by atoms with Crippen LogP contribution in [0, 0.1) is 6.92 Å². The van der Waals surface area contributed by atoms with Gasteiger partial charge in [-0.3, -0.25) is 14.6 Å². The molecular formula is C16H23ClN2O2. The predicted molar refractivity (Wildman–Crippen MR) is 84.8 cm³/mol. The van der Waals surface area contributed by atoms with Crippen molar-refractivity contribution in [3.63, 3.8) is 0 Å². The normalized spacial score (nSPS) is 17.3. The molecule has 1 aliphatic heterocycles. The molecule has 0 bridgehead atoms. The number of hydrogen-bond donors (Lipinski definition) is 1. The third kappa shape index (κ3) is 4.70. The van der Waals surface area contributed by atoms with Crippen LogP contribution in [0.5, 0.6) is 0 Å². The molecule has 0 radical (unpaired) electrons. The lowest BCUT2D eigenvalue weighted by molar-refractivity contribution is -0.138. The fraction of sp³-hybridized carbons (Fsp3) is 0.562. The molecule has 21 heavy (non-hydrogen) atoms. The van der Waals surface area contributed by atoms with Crippen LogP contribution in [-0.4, -0.2) is 53.6 Å². The first kappa shape index (κ1) is 16.3. The number of hydrogen-bond acceptors (Lipinski definition) is 3. The number of carbonyl (C=O) groups is 1. The van der Waals surface area contributed by atoms with Crippen LogP contribution in [0.1, 0.15) is 24.0 Å². The number of halogens is 1. The third-order valence-corrected chi connectivity index (χ3v) is 4.62. The molecule has 0 amide bonds. The van der Waals surface area contributed by atoms with Gasteiger partial charge in [0.15, 0.2) is 0 Å². The molecule has 1 aliphatic rings. The zero-order valence-electron chi connectivity index (χ0n) is 12.7. The molecule has 0 unspecified atom stereocenters. The number of carboxylic acid groups (broad SMARTS) is 1. The second-order valence-corrected chi connectivity index (χ2v) is 6.31. The molecule has 1 fully saturated rings. The Hall–Kier alpha value is -1.10. The Balaban J connectivity index is 1.83. The Bertz CT molecular complexity index is 499. The Labute approximate surface area is 131 Å². The molecule has 0 aromatic heterocycles. The first-order valence-corrected chi connectivity index (χ1v) is 7.73. The SMILES string of the molecule is Cc1cc(CN2CCC(N(C)CC(=O)O)CC2)ccc1Cl. The Morgan fingerprint density at radius 3 is 2.67 bits per heavy atom. The molecule has 1 aromatic rings. The number of rotatable bonds is 5. The summed E-state index contributed by atoms with van der Waals surface area (Å²) in [4.78, 5) is 15.1. The van der Waals surface area contributed by atoms with Crippen molar-refractivity contribution in [2.24, 2.45) is 0 Å². The summed E-state index contributed by atoms with van der Waals surface area (Å²) in [5.74, 6) is -0.753. The zero-order chi connectivity index (χ0) is 15.4. The van der Waals surface area contributed by atoms with Crippen molar-refractivity contribution in [2.45, 2.75) is 32.4 Å². The van der Waals surface area contributed by atoms with E-state index in [1.807, 2.05) is 24.9 Å². The van der Waals surface area contributed by atoms with Crippen molar-refractivity contribution in [1.29, 1.82) is 0 Å². The molecule has 4 nitrogen and oxygen atoms in total. The number of carboxylic acids is 1. The molecule has 0 saturated carbocycles. The Morgan fingerprint density at radius 2 is 2.10 bits per heavy atom. The minimum absolute atomic E-state index is 0.126. The second-order valence-electron chi connectivity index (χ2n) is 5.90. The third-order valence-electron chi connectivity index (χ3n) is 4.19. The zero-order valence-corrected chi connectivity index (χ0v) is 13.4. The molecule has 2 rings (SSSR count). The maximum Gasteiger partial charge on any atom is 0.317 e. The van der Waals surface area contributed by atoms with Gasteiger partial charge in [0.2, 0.25) is 0 Å².